The SMILES string of the molecule is CC(=O)O[C@H]1CCN2CCC[C@H]3C(=O)C[C@@H]4C[C@@H](C)C[C@@]32[C@@H]41. The molecule has 4 nitrogen and oxygen atoms in total. The molecule has 0 N–H and O–H groups in total. The van der Waals surface area contributed by atoms with Crippen LogP contribution in [0.3, 0.4) is 0 Å². The first-order valence-corrected chi connectivity index (χ1v) is 8.97. The smallest absolute Gasteiger partial charge is 0.302 e. The van der Waals surface area contributed by atoms with Gasteiger partial charge >= 0.3 is 5.97 Å². The second-order valence-electron chi connectivity index (χ2n) is 8.11. The molecular weight excluding hydrogens is 278 g/mol. The molecular formula is C18H27NO3. The zero-order valence-electron chi connectivity index (χ0n) is 13.7. The van der Waals surface area contributed by atoms with E-state index in [-0.39, 0.29) is 23.5 Å². The number of Topliss-reactive ketones (excluding diaryl/α,β-unsaturated/α-hetero) is 1. The van der Waals surface area contributed by atoms with E-state index in [4.69, 9.17) is 4.74 Å². The summed E-state index contributed by atoms with van der Waals surface area (Å²) in [4.78, 5) is 27.0. The number of piperidine rings is 2. The number of hydrogen-bond donors (Lipinski definition) is 0. The summed E-state index contributed by atoms with van der Waals surface area (Å²) in [6.45, 7) is 5.96. The Hall–Kier alpha value is -0.900. The Morgan fingerprint density at radius 1 is 1.32 bits per heavy atom. The molecule has 4 aliphatic rings. The predicted octanol–water partition coefficient (Wildman–Crippen LogP) is 2.41. The van der Waals surface area contributed by atoms with Crippen molar-refractivity contribution in [2.75, 3.05) is 13.1 Å². The Morgan fingerprint density at radius 3 is 2.91 bits per heavy atom. The van der Waals surface area contributed by atoms with Gasteiger partial charge in [-0.05, 0) is 50.5 Å². The van der Waals surface area contributed by atoms with Crippen LogP contribution < -0.4 is 0 Å². The summed E-state index contributed by atoms with van der Waals surface area (Å²) < 4.78 is 5.75. The molecule has 6 atom stereocenters. The molecule has 2 saturated heterocycles. The first-order chi connectivity index (χ1) is 10.5. The van der Waals surface area contributed by atoms with Gasteiger partial charge in [0.05, 0.1) is 0 Å². The van der Waals surface area contributed by atoms with E-state index in [0.29, 0.717) is 30.0 Å². The zero-order valence-corrected chi connectivity index (χ0v) is 13.7. The lowest BCUT2D eigenvalue weighted by Gasteiger charge is -2.67. The Balaban J connectivity index is 1.78. The minimum atomic E-state index is -0.162. The number of esters is 1. The van der Waals surface area contributed by atoms with Crippen LogP contribution in [0.4, 0.5) is 0 Å². The molecule has 2 aliphatic heterocycles. The average molecular weight is 305 g/mol. The number of hydrogen-bond acceptors (Lipinski definition) is 4. The number of carbonyl (C=O) groups is 2. The highest BCUT2D eigenvalue weighted by atomic mass is 16.5. The van der Waals surface area contributed by atoms with Crippen LogP contribution in [0, 0.1) is 23.7 Å². The van der Waals surface area contributed by atoms with E-state index < -0.39 is 0 Å². The van der Waals surface area contributed by atoms with Crippen LogP contribution in [0.15, 0.2) is 0 Å². The second-order valence-corrected chi connectivity index (χ2v) is 8.11. The third kappa shape index (κ3) is 1.92. The van der Waals surface area contributed by atoms with E-state index in [0.717, 1.165) is 45.2 Å². The first kappa shape index (κ1) is 14.7. The molecule has 2 saturated carbocycles. The van der Waals surface area contributed by atoms with Crippen molar-refractivity contribution in [3.8, 4) is 0 Å². The predicted molar refractivity (Wildman–Crippen MR) is 82.2 cm³/mol. The van der Waals surface area contributed by atoms with E-state index >= 15 is 0 Å². The largest absolute Gasteiger partial charge is 0.462 e. The maximum atomic E-state index is 12.8. The molecule has 0 aromatic rings. The molecule has 4 fully saturated rings. The van der Waals surface area contributed by atoms with Gasteiger partial charge in [-0.15, -0.1) is 0 Å². The van der Waals surface area contributed by atoms with Crippen molar-refractivity contribution in [2.45, 2.75) is 64.0 Å². The van der Waals surface area contributed by atoms with Crippen LogP contribution in [-0.4, -0.2) is 41.4 Å². The van der Waals surface area contributed by atoms with Crippen molar-refractivity contribution in [1.29, 1.82) is 0 Å². The maximum absolute atomic E-state index is 12.8. The summed E-state index contributed by atoms with van der Waals surface area (Å²) >= 11 is 0. The van der Waals surface area contributed by atoms with Gasteiger partial charge in [0.2, 0.25) is 0 Å². The zero-order chi connectivity index (χ0) is 15.5. The van der Waals surface area contributed by atoms with Crippen LogP contribution in [0.5, 0.6) is 0 Å². The van der Waals surface area contributed by atoms with Crippen molar-refractivity contribution in [2.24, 2.45) is 23.7 Å². The Labute approximate surface area is 132 Å². The summed E-state index contributed by atoms with van der Waals surface area (Å²) in [6.07, 6.45) is 6.10. The van der Waals surface area contributed by atoms with Gasteiger partial charge in [0.1, 0.15) is 11.9 Å². The second kappa shape index (κ2) is 5.05. The molecule has 2 aliphatic carbocycles. The Morgan fingerprint density at radius 2 is 2.14 bits per heavy atom. The van der Waals surface area contributed by atoms with Crippen molar-refractivity contribution >= 4 is 11.8 Å². The molecule has 2 heterocycles. The summed E-state index contributed by atoms with van der Waals surface area (Å²) in [7, 11) is 0. The molecule has 122 valence electrons. The summed E-state index contributed by atoms with van der Waals surface area (Å²) in [5.74, 6) is 1.98. The van der Waals surface area contributed by atoms with Crippen molar-refractivity contribution < 1.29 is 14.3 Å². The van der Waals surface area contributed by atoms with Crippen molar-refractivity contribution in [3.05, 3.63) is 0 Å². The number of rotatable bonds is 1. The van der Waals surface area contributed by atoms with Gasteiger partial charge in [0.25, 0.3) is 0 Å². The molecule has 4 rings (SSSR count). The molecule has 0 unspecified atom stereocenters. The lowest BCUT2D eigenvalue weighted by molar-refractivity contribution is -0.206. The number of carbonyl (C=O) groups excluding carboxylic acids is 2. The standard InChI is InChI=1S/C18H27NO3/c1-11-8-13-9-15(21)14-4-3-6-19-7-5-16(22-12(2)20)17(13)18(14,19)10-11/h11,13-14,16-17H,3-10H2,1-2H3/t11-,13+,14+,16+,17+,18+/m1/s1. The molecule has 0 aromatic heterocycles. The van der Waals surface area contributed by atoms with Gasteiger partial charge in [-0.1, -0.05) is 6.92 Å². The minimum absolute atomic E-state index is 0.00567. The Bertz CT molecular complexity index is 503. The van der Waals surface area contributed by atoms with Crippen LogP contribution >= 0.6 is 0 Å². The summed E-state index contributed by atoms with van der Waals surface area (Å²) in [5.41, 5.74) is -0.00567. The van der Waals surface area contributed by atoms with Crippen LogP contribution in [0.1, 0.15) is 52.4 Å². The van der Waals surface area contributed by atoms with Gasteiger partial charge in [-0.2, -0.15) is 0 Å². The lowest BCUT2D eigenvalue weighted by Crippen LogP contribution is -2.74. The summed E-state index contributed by atoms with van der Waals surface area (Å²) in [5, 5.41) is 0. The summed E-state index contributed by atoms with van der Waals surface area (Å²) in [6, 6.07) is 0. The third-order valence-electron chi connectivity index (χ3n) is 6.83. The Kier molecular flexibility index (Phi) is 3.37. The van der Waals surface area contributed by atoms with Gasteiger partial charge in [-0.3, -0.25) is 14.5 Å². The van der Waals surface area contributed by atoms with Crippen LogP contribution in [0.2, 0.25) is 0 Å². The average Bonchev–Trinajstić information content (AvgIpc) is 2.43. The van der Waals surface area contributed by atoms with Crippen molar-refractivity contribution in [3.63, 3.8) is 0 Å². The molecule has 0 amide bonds. The minimum Gasteiger partial charge on any atom is -0.462 e. The fraction of sp³-hybridized carbons (Fsp3) is 0.889. The lowest BCUT2D eigenvalue weighted by atomic mass is 9.48. The maximum Gasteiger partial charge on any atom is 0.302 e. The fourth-order valence-electron chi connectivity index (χ4n) is 6.53. The van der Waals surface area contributed by atoms with Gasteiger partial charge < -0.3 is 4.74 Å². The van der Waals surface area contributed by atoms with Gasteiger partial charge in [-0.25, -0.2) is 0 Å². The van der Waals surface area contributed by atoms with E-state index in [9.17, 15) is 9.59 Å². The normalized spacial score (nSPS) is 47.7. The van der Waals surface area contributed by atoms with E-state index in [1.54, 1.807) is 0 Å². The topological polar surface area (TPSA) is 46.6 Å². The van der Waals surface area contributed by atoms with E-state index in [1.165, 1.54) is 6.92 Å². The quantitative estimate of drug-likeness (QED) is 0.698. The monoisotopic (exact) mass is 305 g/mol. The molecule has 4 heteroatoms. The van der Waals surface area contributed by atoms with Crippen molar-refractivity contribution in [1.82, 2.24) is 4.90 Å². The first-order valence-electron chi connectivity index (χ1n) is 8.97. The van der Waals surface area contributed by atoms with E-state index in [2.05, 4.69) is 11.8 Å². The highest BCUT2D eigenvalue weighted by Crippen LogP contribution is 2.59. The molecule has 22 heavy (non-hydrogen) atoms. The van der Waals surface area contributed by atoms with Gasteiger partial charge in [0, 0.05) is 37.3 Å². The number of ketones is 1. The molecule has 0 aromatic carbocycles. The molecule has 0 radical (unpaired) electrons. The van der Waals surface area contributed by atoms with E-state index in [1.807, 2.05) is 0 Å². The number of ether oxygens (including phenoxy) is 1. The highest BCUT2D eigenvalue weighted by Gasteiger charge is 2.65. The highest BCUT2D eigenvalue weighted by molar-refractivity contribution is 5.84. The molecule has 2 bridgehead atoms. The fourth-order valence-corrected chi connectivity index (χ4v) is 6.53. The van der Waals surface area contributed by atoms with Gasteiger partial charge in [0.15, 0.2) is 0 Å². The van der Waals surface area contributed by atoms with Crippen LogP contribution in [0.25, 0.3) is 0 Å². The third-order valence-corrected chi connectivity index (χ3v) is 6.83. The van der Waals surface area contributed by atoms with Crippen LogP contribution in [-0.2, 0) is 14.3 Å². The molecule has 1 spiro atoms. The number of nitrogens with zero attached hydrogens (tertiary/aromatic N) is 1.